The molecule has 0 saturated carbocycles. The Labute approximate surface area is 160 Å². The Balaban J connectivity index is 1.82. The molecule has 136 valence electrons. The van der Waals surface area contributed by atoms with Crippen LogP contribution in [0.3, 0.4) is 0 Å². The molecule has 6 nitrogen and oxygen atoms in total. The number of nitrogens with zero attached hydrogens (tertiary/aromatic N) is 3. The first kappa shape index (κ1) is 16.4. The lowest BCUT2D eigenvalue weighted by molar-refractivity contribution is -0.123. The number of hydrogen-bond acceptors (Lipinski definition) is 6. The van der Waals surface area contributed by atoms with Gasteiger partial charge in [-0.3, -0.25) is 4.79 Å². The molecule has 0 fully saturated rings. The number of Topliss-reactive ketones (excluding diaryl/α,β-unsaturated/α-hetero) is 1. The number of benzene rings is 2. The Morgan fingerprint density at radius 1 is 1.26 bits per heavy atom. The average Bonchev–Trinajstić information content (AvgIpc) is 3.10. The molecule has 1 aliphatic heterocycles. The van der Waals surface area contributed by atoms with E-state index in [9.17, 15) is 9.90 Å². The van der Waals surface area contributed by atoms with Crippen LogP contribution in [-0.2, 0) is 4.79 Å². The summed E-state index contributed by atoms with van der Waals surface area (Å²) in [5, 5.41) is 21.3. The summed E-state index contributed by atoms with van der Waals surface area (Å²) in [6.07, 6.45) is 5.20. The summed E-state index contributed by atoms with van der Waals surface area (Å²) in [6, 6.07) is 11.1. The Kier molecular flexibility index (Phi) is 3.72. The van der Waals surface area contributed by atoms with Gasteiger partial charge in [0.1, 0.15) is 17.6 Å². The van der Waals surface area contributed by atoms with E-state index in [2.05, 4.69) is 21.5 Å². The third-order valence-corrected chi connectivity index (χ3v) is 5.85. The molecular formula is C20H18N4O2S. The maximum Gasteiger partial charge on any atom is 0.227 e. The second kappa shape index (κ2) is 6.13. The first-order chi connectivity index (χ1) is 13.2. The Morgan fingerprint density at radius 2 is 2.11 bits per heavy atom. The van der Waals surface area contributed by atoms with Crippen molar-refractivity contribution in [1.82, 2.24) is 14.8 Å². The predicted molar refractivity (Wildman–Crippen MR) is 105 cm³/mol. The topological polar surface area (TPSA) is 80.0 Å². The fraction of sp³-hybridized carbons (Fsp3) is 0.250. The van der Waals surface area contributed by atoms with Crippen LogP contribution in [-0.4, -0.2) is 31.9 Å². The zero-order chi connectivity index (χ0) is 18.5. The Morgan fingerprint density at radius 3 is 2.96 bits per heavy atom. The van der Waals surface area contributed by atoms with Crippen molar-refractivity contribution in [3.63, 3.8) is 0 Å². The number of allylic oxidation sites excluding steroid dienone is 2. The number of carbonyl (C=O) groups is 1. The summed E-state index contributed by atoms with van der Waals surface area (Å²) in [6.45, 7) is 0. The number of thioether (sulfide) groups is 1. The number of nitrogens with one attached hydrogen (secondary N) is 1. The molecule has 7 heteroatoms. The molecule has 2 N–H and O–H groups in total. The highest BCUT2D eigenvalue weighted by Crippen LogP contribution is 2.46. The number of hydrogen-bond donors (Lipinski definition) is 2. The summed E-state index contributed by atoms with van der Waals surface area (Å²) in [7, 11) is 0. The number of carbonyl (C=O) groups excluding carboxylic acids is 1. The van der Waals surface area contributed by atoms with Gasteiger partial charge < -0.3 is 10.4 Å². The molecule has 0 saturated heterocycles. The van der Waals surface area contributed by atoms with Crippen LogP contribution in [0.5, 0.6) is 5.75 Å². The van der Waals surface area contributed by atoms with E-state index in [-0.39, 0.29) is 11.5 Å². The fourth-order valence-electron chi connectivity index (χ4n) is 4.12. The molecule has 0 radical (unpaired) electrons. The van der Waals surface area contributed by atoms with Crippen LogP contribution in [0.2, 0.25) is 0 Å². The average molecular weight is 378 g/mol. The number of anilines is 1. The molecule has 2 heterocycles. The largest absolute Gasteiger partial charge is 0.508 e. The monoisotopic (exact) mass is 378 g/mol. The highest BCUT2D eigenvalue weighted by Gasteiger charge is 2.43. The zero-order valence-electron chi connectivity index (χ0n) is 14.7. The van der Waals surface area contributed by atoms with E-state index in [1.165, 1.54) is 11.8 Å². The van der Waals surface area contributed by atoms with Crippen molar-refractivity contribution in [2.45, 2.75) is 24.0 Å². The third-order valence-electron chi connectivity index (χ3n) is 5.31. The van der Waals surface area contributed by atoms with Gasteiger partial charge in [0.25, 0.3) is 0 Å². The molecular weight excluding hydrogens is 360 g/mol. The Bertz CT molecular complexity index is 1100. The van der Waals surface area contributed by atoms with Crippen molar-refractivity contribution in [2.24, 2.45) is 5.92 Å². The summed E-state index contributed by atoms with van der Waals surface area (Å²) in [5.74, 6) is 0.530. The van der Waals surface area contributed by atoms with E-state index in [1.54, 1.807) is 10.7 Å². The van der Waals surface area contributed by atoms with E-state index >= 15 is 0 Å². The predicted octanol–water partition coefficient (Wildman–Crippen LogP) is 3.74. The van der Waals surface area contributed by atoms with Crippen molar-refractivity contribution >= 4 is 34.3 Å². The van der Waals surface area contributed by atoms with Gasteiger partial charge in [-0.15, -0.1) is 5.10 Å². The molecule has 27 heavy (non-hydrogen) atoms. The van der Waals surface area contributed by atoms with Crippen LogP contribution in [0.1, 0.15) is 24.4 Å². The van der Waals surface area contributed by atoms with Gasteiger partial charge >= 0.3 is 0 Å². The van der Waals surface area contributed by atoms with Gasteiger partial charge in [0.2, 0.25) is 11.1 Å². The Hall–Kier alpha value is -2.80. The van der Waals surface area contributed by atoms with Crippen molar-refractivity contribution in [2.75, 3.05) is 11.6 Å². The molecule has 0 bridgehead atoms. The number of aromatic nitrogens is 3. The highest BCUT2D eigenvalue weighted by molar-refractivity contribution is 7.98. The fourth-order valence-corrected chi connectivity index (χ4v) is 4.47. The van der Waals surface area contributed by atoms with E-state index in [1.807, 2.05) is 36.6 Å². The molecule has 2 aliphatic rings. The third kappa shape index (κ3) is 2.45. The minimum atomic E-state index is -0.431. The number of rotatable bonds is 2. The van der Waals surface area contributed by atoms with Gasteiger partial charge in [-0.05, 0) is 29.5 Å². The number of phenolic OH excluding ortho intramolecular Hbond substituents is 1. The van der Waals surface area contributed by atoms with Crippen LogP contribution in [0, 0.1) is 5.92 Å². The molecule has 1 aliphatic carbocycles. The van der Waals surface area contributed by atoms with Gasteiger partial charge in [0.05, 0.1) is 5.92 Å². The summed E-state index contributed by atoms with van der Waals surface area (Å²) >= 11 is 1.45. The van der Waals surface area contributed by atoms with Crippen LogP contribution >= 0.6 is 11.8 Å². The second-order valence-electron chi connectivity index (χ2n) is 6.80. The van der Waals surface area contributed by atoms with Crippen LogP contribution in [0.15, 0.2) is 53.3 Å². The van der Waals surface area contributed by atoms with Crippen molar-refractivity contribution in [3.05, 3.63) is 53.7 Å². The number of aromatic hydroxyl groups is 1. The first-order valence-electron chi connectivity index (χ1n) is 8.88. The van der Waals surface area contributed by atoms with Gasteiger partial charge in [-0.1, -0.05) is 48.2 Å². The number of ketones is 1. The quantitative estimate of drug-likeness (QED) is 0.662. The highest BCUT2D eigenvalue weighted by atomic mass is 32.2. The SMILES string of the molecule is CSc1nc2n(n1)[C@@H](c1c(O)ccc3ccccc13)[C@@H]1C(=O)CCC=C1N2. The van der Waals surface area contributed by atoms with Crippen molar-refractivity contribution < 1.29 is 9.90 Å². The molecule has 2 aromatic carbocycles. The van der Waals surface area contributed by atoms with Gasteiger partial charge in [-0.2, -0.15) is 4.98 Å². The number of fused-ring (bicyclic) bond motifs is 3. The van der Waals surface area contributed by atoms with Crippen LogP contribution < -0.4 is 5.32 Å². The summed E-state index contributed by atoms with van der Waals surface area (Å²) < 4.78 is 1.76. The molecule has 0 spiro atoms. The minimum Gasteiger partial charge on any atom is -0.508 e. The lowest BCUT2D eigenvalue weighted by atomic mass is 9.79. The van der Waals surface area contributed by atoms with Gasteiger partial charge in [0.15, 0.2) is 0 Å². The molecule has 3 aromatic rings. The van der Waals surface area contributed by atoms with E-state index in [0.717, 1.165) is 28.5 Å². The minimum absolute atomic E-state index is 0.157. The van der Waals surface area contributed by atoms with E-state index in [4.69, 9.17) is 0 Å². The van der Waals surface area contributed by atoms with E-state index in [0.29, 0.717) is 17.5 Å². The maximum absolute atomic E-state index is 12.9. The maximum atomic E-state index is 12.9. The molecule has 5 rings (SSSR count). The zero-order valence-corrected chi connectivity index (χ0v) is 15.5. The molecule has 0 unspecified atom stereocenters. The van der Waals surface area contributed by atoms with Crippen molar-refractivity contribution in [1.29, 1.82) is 0 Å². The molecule has 2 atom stereocenters. The van der Waals surface area contributed by atoms with Gasteiger partial charge in [-0.25, -0.2) is 4.68 Å². The van der Waals surface area contributed by atoms with Crippen LogP contribution in [0.25, 0.3) is 10.8 Å². The van der Waals surface area contributed by atoms with Gasteiger partial charge in [0, 0.05) is 17.7 Å². The molecule has 1 aromatic heterocycles. The normalized spacial score (nSPS) is 21.4. The lowest BCUT2D eigenvalue weighted by Crippen LogP contribution is -2.38. The lowest BCUT2D eigenvalue weighted by Gasteiger charge is -2.36. The van der Waals surface area contributed by atoms with Crippen LogP contribution in [0.4, 0.5) is 5.95 Å². The standard InChI is InChI=1S/C20H18N4O2S/c1-27-20-22-19-21-13-7-4-8-14(25)17(13)18(24(19)23-20)16-12-6-3-2-5-11(12)9-10-15(16)26/h2-3,5-7,9-10,17-18,26H,4,8H2,1H3,(H,21,22,23)/t17-,18-/m0/s1. The first-order valence-corrected chi connectivity index (χ1v) is 10.1. The van der Waals surface area contributed by atoms with E-state index < -0.39 is 12.0 Å². The molecule has 0 amide bonds. The summed E-state index contributed by atoms with van der Waals surface area (Å²) in [5.41, 5.74) is 1.58. The summed E-state index contributed by atoms with van der Waals surface area (Å²) in [4.78, 5) is 17.5. The smallest absolute Gasteiger partial charge is 0.227 e. The van der Waals surface area contributed by atoms with Crippen molar-refractivity contribution in [3.8, 4) is 5.75 Å². The number of phenols is 1. The second-order valence-corrected chi connectivity index (χ2v) is 7.57.